The van der Waals surface area contributed by atoms with E-state index in [4.69, 9.17) is 4.74 Å². The summed E-state index contributed by atoms with van der Waals surface area (Å²) >= 11 is 0. The molecular formula is C10H10F3O. The van der Waals surface area contributed by atoms with Crippen LogP contribution in [0.5, 0.6) is 5.75 Å². The first-order valence-electron chi connectivity index (χ1n) is 4.34. The van der Waals surface area contributed by atoms with Crippen LogP contribution in [0.4, 0.5) is 13.2 Å². The van der Waals surface area contributed by atoms with Crippen LogP contribution in [0.3, 0.4) is 0 Å². The fourth-order valence-corrected chi connectivity index (χ4v) is 0.914. The molecule has 1 rings (SSSR count). The van der Waals surface area contributed by atoms with E-state index in [1.165, 1.54) is 0 Å². The molecular weight excluding hydrogens is 193 g/mol. The van der Waals surface area contributed by atoms with Crippen molar-refractivity contribution in [2.75, 3.05) is 6.61 Å². The van der Waals surface area contributed by atoms with Gasteiger partial charge in [0.15, 0.2) is 11.6 Å². The fraction of sp³-hybridized carbons (Fsp3) is 0.400. The van der Waals surface area contributed by atoms with Crippen LogP contribution in [-0.2, 0) is 0 Å². The maximum atomic E-state index is 12.9. The molecule has 0 aromatic heterocycles. The van der Waals surface area contributed by atoms with Crippen LogP contribution >= 0.6 is 0 Å². The second-order valence-electron chi connectivity index (χ2n) is 2.81. The van der Waals surface area contributed by atoms with Crippen molar-refractivity contribution < 1.29 is 17.9 Å². The third-order valence-corrected chi connectivity index (χ3v) is 1.65. The molecule has 0 saturated heterocycles. The zero-order valence-electron chi connectivity index (χ0n) is 7.74. The summed E-state index contributed by atoms with van der Waals surface area (Å²) in [4.78, 5) is 0. The zero-order chi connectivity index (χ0) is 10.6. The fourth-order valence-electron chi connectivity index (χ4n) is 0.914. The normalized spacial score (nSPS) is 10.3. The zero-order valence-corrected chi connectivity index (χ0v) is 7.74. The van der Waals surface area contributed by atoms with Crippen LogP contribution < -0.4 is 4.74 Å². The molecule has 0 fully saturated rings. The van der Waals surface area contributed by atoms with Gasteiger partial charge in [0.2, 0.25) is 5.82 Å². The van der Waals surface area contributed by atoms with Crippen molar-refractivity contribution in [2.45, 2.75) is 19.8 Å². The lowest BCUT2D eigenvalue weighted by Gasteiger charge is -2.06. The van der Waals surface area contributed by atoms with Crippen molar-refractivity contribution in [3.05, 3.63) is 29.6 Å². The molecule has 1 radical (unpaired) electrons. The van der Waals surface area contributed by atoms with Gasteiger partial charge in [0.05, 0.1) is 12.7 Å². The standard InChI is InChI=1S/C10H10F3O/c1-2-3-4-14-9-6-7(11)5-8(12)10(9)13/h6H,2-4H2,1H3. The summed E-state index contributed by atoms with van der Waals surface area (Å²) in [5, 5.41) is 0. The number of benzene rings is 1. The molecule has 0 aliphatic rings. The molecule has 14 heavy (non-hydrogen) atoms. The maximum absolute atomic E-state index is 12.9. The second-order valence-corrected chi connectivity index (χ2v) is 2.81. The summed E-state index contributed by atoms with van der Waals surface area (Å²) in [6.07, 6.45) is 1.58. The summed E-state index contributed by atoms with van der Waals surface area (Å²) in [6, 6.07) is 2.37. The molecule has 0 amide bonds. The molecule has 0 N–H and O–H groups in total. The molecule has 0 bridgehead atoms. The van der Waals surface area contributed by atoms with Crippen LogP contribution in [0.25, 0.3) is 0 Å². The number of unbranched alkanes of at least 4 members (excludes halogenated alkanes) is 1. The minimum Gasteiger partial charge on any atom is -0.490 e. The predicted octanol–water partition coefficient (Wildman–Crippen LogP) is 3.08. The van der Waals surface area contributed by atoms with E-state index in [9.17, 15) is 13.2 Å². The molecule has 0 aliphatic heterocycles. The lowest BCUT2D eigenvalue weighted by atomic mass is 10.3. The van der Waals surface area contributed by atoms with Gasteiger partial charge < -0.3 is 4.74 Å². The first kappa shape index (κ1) is 10.9. The number of hydrogen-bond donors (Lipinski definition) is 0. The minimum absolute atomic E-state index is 0.246. The largest absolute Gasteiger partial charge is 0.490 e. The van der Waals surface area contributed by atoms with E-state index in [2.05, 4.69) is 0 Å². The highest BCUT2D eigenvalue weighted by Gasteiger charge is 2.12. The Kier molecular flexibility index (Phi) is 3.80. The molecule has 0 aliphatic carbocycles. The van der Waals surface area contributed by atoms with Crippen LogP contribution in [-0.4, -0.2) is 6.61 Å². The molecule has 4 heteroatoms. The summed E-state index contributed by atoms with van der Waals surface area (Å²) in [6.45, 7) is 2.18. The van der Waals surface area contributed by atoms with E-state index in [0.29, 0.717) is 6.42 Å². The lowest BCUT2D eigenvalue weighted by molar-refractivity contribution is 0.286. The third-order valence-electron chi connectivity index (χ3n) is 1.65. The SMILES string of the molecule is CCCCOc1cc(F)[c]c(F)c1F. The van der Waals surface area contributed by atoms with Gasteiger partial charge in [-0.2, -0.15) is 4.39 Å². The average molecular weight is 203 g/mol. The van der Waals surface area contributed by atoms with Crippen LogP contribution in [0.1, 0.15) is 19.8 Å². The van der Waals surface area contributed by atoms with Gasteiger partial charge in [0, 0.05) is 6.07 Å². The van der Waals surface area contributed by atoms with E-state index in [0.717, 1.165) is 12.5 Å². The van der Waals surface area contributed by atoms with E-state index in [1.54, 1.807) is 6.07 Å². The molecule has 0 atom stereocenters. The van der Waals surface area contributed by atoms with Crippen molar-refractivity contribution in [3.8, 4) is 5.75 Å². The molecule has 0 spiro atoms. The molecule has 0 saturated carbocycles. The van der Waals surface area contributed by atoms with Gasteiger partial charge in [0.1, 0.15) is 5.82 Å². The van der Waals surface area contributed by atoms with Gasteiger partial charge in [-0.05, 0) is 6.42 Å². The average Bonchev–Trinajstić information content (AvgIpc) is 2.13. The summed E-state index contributed by atoms with van der Waals surface area (Å²) < 4.78 is 42.9. The number of rotatable bonds is 4. The summed E-state index contributed by atoms with van der Waals surface area (Å²) in [7, 11) is 0. The smallest absolute Gasteiger partial charge is 0.201 e. The van der Waals surface area contributed by atoms with Crippen LogP contribution in [0.15, 0.2) is 6.07 Å². The molecule has 0 heterocycles. The third kappa shape index (κ3) is 2.65. The molecule has 1 nitrogen and oxygen atoms in total. The Hall–Kier alpha value is -1.19. The van der Waals surface area contributed by atoms with Crippen molar-refractivity contribution >= 4 is 0 Å². The van der Waals surface area contributed by atoms with E-state index < -0.39 is 23.2 Å². The first-order valence-corrected chi connectivity index (χ1v) is 4.34. The van der Waals surface area contributed by atoms with E-state index in [1.807, 2.05) is 6.92 Å². The highest BCUT2D eigenvalue weighted by atomic mass is 19.2. The summed E-state index contributed by atoms with van der Waals surface area (Å²) in [5.74, 6) is -3.90. The summed E-state index contributed by atoms with van der Waals surface area (Å²) in [5.41, 5.74) is 0. The van der Waals surface area contributed by atoms with E-state index >= 15 is 0 Å². The quantitative estimate of drug-likeness (QED) is 0.539. The Labute approximate surface area is 80.5 Å². The first-order chi connectivity index (χ1) is 6.65. The van der Waals surface area contributed by atoms with Crippen LogP contribution in [0.2, 0.25) is 0 Å². The highest BCUT2D eigenvalue weighted by molar-refractivity contribution is 5.25. The monoisotopic (exact) mass is 203 g/mol. The highest BCUT2D eigenvalue weighted by Crippen LogP contribution is 2.21. The number of ether oxygens (including phenoxy) is 1. The Morgan fingerprint density at radius 1 is 1.36 bits per heavy atom. The number of hydrogen-bond acceptors (Lipinski definition) is 1. The predicted molar refractivity (Wildman–Crippen MR) is 45.6 cm³/mol. The van der Waals surface area contributed by atoms with Gasteiger partial charge in [-0.25, -0.2) is 8.78 Å². The van der Waals surface area contributed by atoms with Gasteiger partial charge in [-0.1, -0.05) is 13.3 Å². The Morgan fingerprint density at radius 2 is 2.07 bits per heavy atom. The molecule has 0 unspecified atom stereocenters. The van der Waals surface area contributed by atoms with Crippen molar-refractivity contribution in [3.63, 3.8) is 0 Å². The van der Waals surface area contributed by atoms with Crippen molar-refractivity contribution in [1.82, 2.24) is 0 Å². The van der Waals surface area contributed by atoms with Gasteiger partial charge in [-0.3, -0.25) is 0 Å². The minimum atomic E-state index is -1.35. The Balaban J connectivity index is 2.75. The lowest BCUT2D eigenvalue weighted by Crippen LogP contribution is -2.01. The maximum Gasteiger partial charge on any atom is 0.201 e. The molecule has 1 aromatic carbocycles. The topological polar surface area (TPSA) is 9.23 Å². The van der Waals surface area contributed by atoms with Gasteiger partial charge in [0.25, 0.3) is 0 Å². The number of halogens is 3. The molecule has 1 aromatic rings. The second kappa shape index (κ2) is 4.88. The Morgan fingerprint density at radius 3 is 2.71 bits per heavy atom. The van der Waals surface area contributed by atoms with Crippen molar-refractivity contribution in [2.24, 2.45) is 0 Å². The van der Waals surface area contributed by atoms with E-state index in [-0.39, 0.29) is 6.61 Å². The Bertz CT molecular complexity index is 312. The molecule has 77 valence electrons. The van der Waals surface area contributed by atoms with Crippen LogP contribution in [0, 0.1) is 23.5 Å². The van der Waals surface area contributed by atoms with Gasteiger partial charge in [-0.15, -0.1) is 0 Å². The van der Waals surface area contributed by atoms with Gasteiger partial charge >= 0.3 is 0 Å². The van der Waals surface area contributed by atoms with Crippen molar-refractivity contribution in [1.29, 1.82) is 0 Å².